The molecule has 0 saturated carbocycles. The normalized spacial score (nSPS) is 14.2. The molecule has 1 rings (SSSR count). The molecule has 0 radical (unpaired) electrons. The minimum absolute atomic E-state index is 0.143. The number of hydrogen-bond acceptors (Lipinski definition) is 3. The van der Waals surface area contributed by atoms with Crippen LogP contribution in [0.4, 0.5) is 0 Å². The monoisotopic (exact) mass is 222 g/mol. The maximum Gasteiger partial charge on any atom is 0.239 e. The van der Waals surface area contributed by atoms with Gasteiger partial charge in [-0.15, -0.1) is 0 Å². The molecular formula is C12H18N2O2. The summed E-state index contributed by atoms with van der Waals surface area (Å²) in [5, 5.41) is 9.68. The van der Waals surface area contributed by atoms with E-state index in [1.807, 2.05) is 13.0 Å². The van der Waals surface area contributed by atoms with Gasteiger partial charge < -0.3 is 15.7 Å². The van der Waals surface area contributed by atoms with Crippen molar-refractivity contribution in [3.8, 4) is 5.75 Å². The molecule has 3 N–H and O–H groups in total. The van der Waals surface area contributed by atoms with E-state index >= 15 is 0 Å². The van der Waals surface area contributed by atoms with E-state index in [9.17, 15) is 9.90 Å². The van der Waals surface area contributed by atoms with Crippen LogP contribution in [0.1, 0.15) is 25.5 Å². The molecular weight excluding hydrogens is 204 g/mol. The molecule has 88 valence electrons. The van der Waals surface area contributed by atoms with Gasteiger partial charge in [-0.25, -0.2) is 0 Å². The Morgan fingerprint density at radius 2 is 1.94 bits per heavy atom. The van der Waals surface area contributed by atoms with Crippen LogP contribution in [0.25, 0.3) is 0 Å². The topological polar surface area (TPSA) is 66.6 Å². The van der Waals surface area contributed by atoms with Gasteiger partial charge >= 0.3 is 0 Å². The maximum absolute atomic E-state index is 11.7. The third-order valence-corrected chi connectivity index (χ3v) is 2.70. The van der Waals surface area contributed by atoms with Crippen LogP contribution in [0.5, 0.6) is 5.75 Å². The predicted octanol–water partition coefficient (Wildman–Crippen LogP) is 1.26. The third-order valence-electron chi connectivity index (χ3n) is 2.70. The minimum atomic E-state index is -0.529. The smallest absolute Gasteiger partial charge is 0.239 e. The van der Waals surface area contributed by atoms with Crippen molar-refractivity contribution in [2.24, 2.45) is 5.73 Å². The zero-order chi connectivity index (χ0) is 12.3. The first kappa shape index (κ1) is 12.5. The van der Waals surface area contributed by atoms with E-state index in [0.29, 0.717) is 0 Å². The molecule has 0 heterocycles. The number of nitrogens with two attached hydrogens (primary N) is 1. The molecule has 0 fully saturated rings. The van der Waals surface area contributed by atoms with Crippen molar-refractivity contribution in [1.29, 1.82) is 0 Å². The van der Waals surface area contributed by atoms with Gasteiger partial charge in [-0.05, 0) is 19.9 Å². The van der Waals surface area contributed by atoms with Crippen LogP contribution in [0.2, 0.25) is 0 Å². The lowest BCUT2D eigenvalue weighted by atomic mass is 10.1. The van der Waals surface area contributed by atoms with E-state index in [2.05, 4.69) is 0 Å². The molecule has 2 atom stereocenters. The molecule has 0 aliphatic carbocycles. The number of aromatic hydroxyl groups is 1. The van der Waals surface area contributed by atoms with Crippen LogP contribution in [-0.2, 0) is 4.79 Å². The molecule has 0 aromatic heterocycles. The Balaban J connectivity index is 2.90. The van der Waals surface area contributed by atoms with Gasteiger partial charge in [0.15, 0.2) is 0 Å². The Labute approximate surface area is 95.7 Å². The Bertz CT molecular complexity index is 377. The van der Waals surface area contributed by atoms with E-state index < -0.39 is 6.04 Å². The van der Waals surface area contributed by atoms with Crippen molar-refractivity contribution in [3.05, 3.63) is 29.8 Å². The highest BCUT2D eigenvalue weighted by Crippen LogP contribution is 2.27. The van der Waals surface area contributed by atoms with Gasteiger partial charge in [0.25, 0.3) is 0 Å². The summed E-state index contributed by atoms with van der Waals surface area (Å²) in [6.07, 6.45) is 0. The van der Waals surface area contributed by atoms with Crippen LogP contribution in [-0.4, -0.2) is 29.0 Å². The van der Waals surface area contributed by atoms with E-state index in [1.54, 1.807) is 37.1 Å². The molecule has 1 aromatic carbocycles. The van der Waals surface area contributed by atoms with Crippen LogP contribution in [0.15, 0.2) is 24.3 Å². The largest absolute Gasteiger partial charge is 0.508 e. The first-order chi connectivity index (χ1) is 7.45. The van der Waals surface area contributed by atoms with Crippen molar-refractivity contribution in [2.75, 3.05) is 7.05 Å². The van der Waals surface area contributed by atoms with Crippen molar-refractivity contribution >= 4 is 5.91 Å². The van der Waals surface area contributed by atoms with E-state index in [1.165, 1.54) is 0 Å². The van der Waals surface area contributed by atoms with Crippen LogP contribution >= 0.6 is 0 Å². The highest BCUT2D eigenvalue weighted by Gasteiger charge is 2.21. The zero-order valence-electron chi connectivity index (χ0n) is 9.84. The summed E-state index contributed by atoms with van der Waals surface area (Å²) in [5.41, 5.74) is 6.26. The summed E-state index contributed by atoms with van der Waals surface area (Å²) in [6, 6.07) is 6.26. The second-order valence-electron chi connectivity index (χ2n) is 3.97. The number of benzene rings is 1. The molecule has 1 aromatic rings. The highest BCUT2D eigenvalue weighted by molar-refractivity contribution is 5.81. The van der Waals surface area contributed by atoms with Gasteiger partial charge in [0, 0.05) is 12.6 Å². The van der Waals surface area contributed by atoms with Crippen LogP contribution in [0.3, 0.4) is 0 Å². The molecule has 0 aliphatic rings. The van der Waals surface area contributed by atoms with Gasteiger partial charge in [0.1, 0.15) is 5.75 Å². The number of rotatable bonds is 3. The quantitative estimate of drug-likeness (QED) is 0.809. The first-order valence-corrected chi connectivity index (χ1v) is 5.25. The predicted molar refractivity (Wildman–Crippen MR) is 62.9 cm³/mol. The molecule has 2 unspecified atom stereocenters. The SMILES string of the molecule is CC(N)C(=O)N(C)C(C)c1ccccc1O. The second kappa shape index (κ2) is 4.99. The number of amides is 1. The first-order valence-electron chi connectivity index (χ1n) is 5.25. The van der Waals surface area contributed by atoms with Gasteiger partial charge in [0.2, 0.25) is 5.91 Å². The molecule has 0 spiro atoms. The van der Waals surface area contributed by atoms with Gasteiger partial charge in [-0.1, -0.05) is 18.2 Å². The molecule has 1 amide bonds. The summed E-state index contributed by atoms with van der Waals surface area (Å²) >= 11 is 0. The maximum atomic E-state index is 11.7. The lowest BCUT2D eigenvalue weighted by molar-refractivity contribution is -0.132. The number of para-hydroxylation sites is 1. The molecule has 16 heavy (non-hydrogen) atoms. The second-order valence-corrected chi connectivity index (χ2v) is 3.97. The fourth-order valence-corrected chi connectivity index (χ4v) is 1.56. The Morgan fingerprint density at radius 1 is 1.38 bits per heavy atom. The third kappa shape index (κ3) is 2.52. The zero-order valence-corrected chi connectivity index (χ0v) is 9.84. The number of likely N-dealkylation sites (N-methyl/N-ethyl adjacent to an activating group) is 1. The number of carbonyl (C=O) groups is 1. The number of carbonyl (C=O) groups excluding carboxylic acids is 1. The Hall–Kier alpha value is -1.55. The van der Waals surface area contributed by atoms with E-state index in [4.69, 9.17) is 5.73 Å². The number of hydrogen-bond donors (Lipinski definition) is 2. The summed E-state index contributed by atoms with van der Waals surface area (Å²) in [5.74, 6) is 0.0510. The summed E-state index contributed by atoms with van der Waals surface area (Å²) in [6.45, 7) is 3.51. The molecule has 4 heteroatoms. The summed E-state index contributed by atoms with van der Waals surface area (Å²) in [4.78, 5) is 13.2. The van der Waals surface area contributed by atoms with Crippen molar-refractivity contribution in [2.45, 2.75) is 25.9 Å². The van der Waals surface area contributed by atoms with Gasteiger partial charge in [0.05, 0.1) is 12.1 Å². The van der Waals surface area contributed by atoms with Crippen LogP contribution in [0, 0.1) is 0 Å². The fourth-order valence-electron chi connectivity index (χ4n) is 1.56. The average molecular weight is 222 g/mol. The summed E-state index contributed by atoms with van der Waals surface area (Å²) < 4.78 is 0. The lowest BCUT2D eigenvalue weighted by Gasteiger charge is -2.27. The summed E-state index contributed by atoms with van der Waals surface area (Å²) in [7, 11) is 1.68. The minimum Gasteiger partial charge on any atom is -0.508 e. The number of nitrogens with zero attached hydrogens (tertiary/aromatic N) is 1. The standard InChI is InChI=1S/C12H18N2O2/c1-8(13)12(16)14(3)9(2)10-6-4-5-7-11(10)15/h4-9,15H,13H2,1-3H3. The van der Waals surface area contributed by atoms with Crippen molar-refractivity contribution in [3.63, 3.8) is 0 Å². The van der Waals surface area contributed by atoms with Gasteiger partial charge in [-0.2, -0.15) is 0 Å². The Morgan fingerprint density at radius 3 is 2.44 bits per heavy atom. The fraction of sp³-hybridized carbons (Fsp3) is 0.417. The number of phenols is 1. The molecule has 0 saturated heterocycles. The van der Waals surface area contributed by atoms with Crippen LogP contribution < -0.4 is 5.73 Å². The molecule has 0 bridgehead atoms. The molecule has 4 nitrogen and oxygen atoms in total. The lowest BCUT2D eigenvalue weighted by Crippen LogP contribution is -2.40. The number of phenolic OH excluding ortho intramolecular Hbond substituents is 1. The van der Waals surface area contributed by atoms with E-state index in [0.717, 1.165) is 5.56 Å². The Kier molecular flexibility index (Phi) is 3.90. The highest BCUT2D eigenvalue weighted by atomic mass is 16.3. The van der Waals surface area contributed by atoms with Gasteiger partial charge in [-0.3, -0.25) is 4.79 Å². The van der Waals surface area contributed by atoms with Crippen molar-refractivity contribution < 1.29 is 9.90 Å². The van der Waals surface area contributed by atoms with Crippen molar-refractivity contribution in [1.82, 2.24) is 4.90 Å². The van der Waals surface area contributed by atoms with E-state index in [-0.39, 0.29) is 17.7 Å². The molecule has 0 aliphatic heterocycles. The average Bonchev–Trinajstić information content (AvgIpc) is 2.26.